The van der Waals surface area contributed by atoms with E-state index >= 15 is 0 Å². The van der Waals surface area contributed by atoms with Crippen molar-refractivity contribution in [2.45, 2.75) is 0 Å². The Labute approximate surface area is 67.0 Å². The number of methoxy groups -OCH3 is 1. The minimum atomic E-state index is 0. The van der Waals surface area contributed by atoms with Gasteiger partial charge in [-0.25, -0.2) is 0 Å². The second kappa shape index (κ2) is 4.45. The zero-order chi connectivity index (χ0) is 5.82. The molecule has 2 nitrogen and oxygen atoms in total. The summed E-state index contributed by atoms with van der Waals surface area (Å²) in [7, 11) is 1.58. The maximum absolute atomic E-state index is 4.77. The zero-order valence-corrected chi connectivity index (χ0v) is 8.26. The average Bonchev–Trinajstić information content (AvgIpc) is 1.90. The molecule has 0 aromatic carbocycles. The van der Waals surface area contributed by atoms with Crippen LogP contribution in [0.4, 0.5) is 0 Å². The Bertz CT molecular complexity index is 154. The van der Waals surface area contributed by atoms with Crippen LogP contribution in [0.1, 0.15) is 0 Å². The largest absolute Gasteiger partial charge is 0.538 e. The number of nitrogens with zero attached hydrogens (tertiary/aromatic N) is 1. The molecule has 0 aliphatic heterocycles. The molecule has 3 heteroatoms. The van der Waals surface area contributed by atoms with E-state index in [0.29, 0.717) is 5.88 Å². The summed E-state index contributed by atoms with van der Waals surface area (Å²) in [5.74, 6) is 0.604. The molecule has 0 radical (unpaired) electrons. The topological polar surface area (TPSA) is 22.1 Å². The Morgan fingerprint density at radius 1 is 1.67 bits per heavy atom. The van der Waals surface area contributed by atoms with Gasteiger partial charge in [-0.1, -0.05) is 6.20 Å². The first-order valence-electron chi connectivity index (χ1n) is 2.30. The molecule has 1 rings (SSSR count). The molecular formula is C6H6NOZn-. The normalized spacial score (nSPS) is 7.67. The summed E-state index contributed by atoms with van der Waals surface area (Å²) in [6.45, 7) is 0. The molecule has 0 spiro atoms. The van der Waals surface area contributed by atoms with Crippen molar-refractivity contribution in [3.63, 3.8) is 0 Å². The third kappa shape index (κ3) is 2.57. The van der Waals surface area contributed by atoms with Gasteiger partial charge in [-0.05, 0) is 0 Å². The first-order valence-corrected chi connectivity index (χ1v) is 2.30. The van der Waals surface area contributed by atoms with Crippen molar-refractivity contribution in [2.75, 3.05) is 7.11 Å². The van der Waals surface area contributed by atoms with E-state index in [-0.39, 0.29) is 19.5 Å². The van der Waals surface area contributed by atoms with Gasteiger partial charge in [0, 0.05) is 19.5 Å². The quantitative estimate of drug-likeness (QED) is 0.465. The van der Waals surface area contributed by atoms with Crippen LogP contribution in [0.2, 0.25) is 0 Å². The van der Waals surface area contributed by atoms with Crippen molar-refractivity contribution in [2.24, 2.45) is 0 Å². The molecule has 1 aromatic heterocycles. The van der Waals surface area contributed by atoms with Gasteiger partial charge >= 0.3 is 0 Å². The maximum Gasteiger partial charge on any atom is 0.0964 e. The van der Waals surface area contributed by atoms with Crippen LogP contribution < -0.4 is 4.74 Å². The summed E-state index contributed by atoms with van der Waals surface area (Å²) in [6, 6.07) is 5.32. The summed E-state index contributed by atoms with van der Waals surface area (Å²) in [5.41, 5.74) is 0. The molecule has 1 heterocycles. The second-order valence-electron chi connectivity index (χ2n) is 1.31. The molecular weight excluding hydrogens is 167 g/mol. The van der Waals surface area contributed by atoms with Crippen LogP contribution >= 0.6 is 0 Å². The van der Waals surface area contributed by atoms with Gasteiger partial charge in [-0.3, -0.25) is 0 Å². The molecule has 9 heavy (non-hydrogen) atoms. The number of hydrogen-bond donors (Lipinski definition) is 0. The zero-order valence-electron chi connectivity index (χ0n) is 5.29. The Kier molecular flexibility index (Phi) is 4.24. The fourth-order valence-electron chi connectivity index (χ4n) is 0.425. The molecule has 0 fully saturated rings. The van der Waals surface area contributed by atoms with Gasteiger partial charge in [0.05, 0.1) is 13.0 Å². The molecule has 0 saturated carbocycles. The van der Waals surface area contributed by atoms with E-state index in [0.717, 1.165) is 0 Å². The van der Waals surface area contributed by atoms with E-state index in [1.54, 1.807) is 19.2 Å². The van der Waals surface area contributed by atoms with E-state index in [4.69, 9.17) is 4.74 Å². The number of rotatable bonds is 1. The predicted molar refractivity (Wildman–Crippen MR) is 29.6 cm³/mol. The Morgan fingerprint density at radius 2 is 2.44 bits per heavy atom. The van der Waals surface area contributed by atoms with Crippen LogP contribution in [0, 0.1) is 6.20 Å². The van der Waals surface area contributed by atoms with Crippen molar-refractivity contribution in [1.82, 2.24) is 4.98 Å². The molecule has 1 aromatic rings. The average molecular weight is 174 g/mol. The van der Waals surface area contributed by atoms with Crippen LogP contribution in [0.15, 0.2) is 18.2 Å². The molecule has 0 amide bonds. The molecule has 0 aliphatic carbocycles. The minimum Gasteiger partial charge on any atom is -0.538 e. The fraction of sp³-hybridized carbons (Fsp3) is 0.167. The van der Waals surface area contributed by atoms with Crippen LogP contribution in [0.25, 0.3) is 0 Å². The third-order valence-corrected chi connectivity index (χ3v) is 0.793. The number of pyridine rings is 1. The molecule has 0 aliphatic rings. The summed E-state index contributed by atoms with van der Waals surface area (Å²) >= 11 is 0. The van der Waals surface area contributed by atoms with E-state index in [2.05, 4.69) is 11.2 Å². The number of ether oxygens (including phenoxy) is 1. The van der Waals surface area contributed by atoms with Crippen LogP contribution in [0.3, 0.4) is 0 Å². The molecule has 0 bridgehead atoms. The van der Waals surface area contributed by atoms with Crippen molar-refractivity contribution >= 4 is 0 Å². The SMILES string of the molecule is COc1ccc[c-]n1.[Zn]. The van der Waals surface area contributed by atoms with Gasteiger partial charge < -0.3 is 9.72 Å². The summed E-state index contributed by atoms with van der Waals surface area (Å²) in [4.78, 5) is 3.75. The van der Waals surface area contributed by atoms with E-state index in [1.807, 2.05) is 6.07 Å². The molecule has 0 saturated heterocycles. The first kappa shape index (κ1) is 8.57. The van der Waals surface area contributed by atoms with Gasteiger partial charge in [-0.2, -0.15) is 12.1 Å². The fourth-order valence-corrected chi connectivity index (χ4v) is 0.425. The van der Waals surface area contributed by atoms with Crippen molar-refractivity contribution < 1.29 is 24.2 Å². The molecule has 0 unspecified atom stereocenters. The third-order valence-electron chi connectivity index (χ3n) is 0.793. The molecule has 44 valence electrons. The van der Waals surface area contributed by atoms with Gasteiger partial charge in [0.25, 0.3) is 0 Å². The van der Waals surface area contributed by atoms with Gasteiger partial charge in [-0.15, -0.1) is 6.07 Å². The predicted octanol–water partition coefficient (Wildman–Crippen LogP) is 0.888. The second-order valence-corrected chi connectivity index (χ2v) is 1.31. The molecule has 0 N–H and O–H groups in total. The minimum absolute atomic E-state index is 0. The standard InChI is InChI=1S/C6H6NO.Zn/c1-8-6-4-2-3-5-7-6;/h2-4H,1H3;/q-1;. The Morgan fingerprint density at radius 3 is 2.78 bits per heavy atom. The molecule has 0 atom stereocenters. The number of hydrogen-bond acceptors (Lipinski definition) is 2. The van der Waals surface area contributed by atoms with E-state index in [1.165, 1.54) is 0 Å². The van der Waals surface area contributed by atoms with Crippen molar-refractivity contribution in [3.8, 4) is 5.88 Å². The number of aromatic nitrogens is 1. The van der Waals surface area contributed by atoms with Crippen LogP contribution in [-0.4, -0.2) is 12.1 Å². The van der Waals surface area contributed by atoms with Crippen molar-refractivity contribution in [1.29, 1.82) is 0 Å². The van der Waals surface area contributed by atoms with Gasteiger partial charge in [0.15, 0.2) is 0 Å². The Balaban J connectivity index is 0.000000640. The summed E-state index contributed by atoms with van der Waals surface area (Å²) < 4.78 is 4.77. The maximum atomic E-state index is 4.77. The monoisotopic (exact) mass is 172 g/mol. The van der Waals surface area contributed by atoms with Gasteiger partial charge in [0.2, 0.25) is 0 Å². The van der Waals surface area contributed by atoms with E-state index < -0.39 is 0 Å². The van der Waals surface area contributed by atoms with Crippen molar-refractivity contribution in [3.05, 3.63) is 24.4 Å². The summed E-state index contributed by atoms with van der Waals surface area (Å²) in [5, 5.41) is 0. The first-order chi connectivity index (χ1) is 3.93. The summed E-state index contributed by atoms with van der Waals surface area (Å²) in [6.07, 6.45) is 2.64. The van der Waals surface area contributed by atoms with E-state index in [9.17, 15) is 0 Å². The smallest absolute Gasteiger partial charge is 0.0964 e. The van der Waals surface area contributed by atoms with Crippen LogP contribution in [0.5, 0.6) is 5.88 Å². The Hall–Kier alpha value is -0.427. The van der Waals surface area contributed by atoms with Crippen LogP contribution in [-0.2, 0) is 19.5 Å². The van der Waals surface area contributed by atoms with Gasteiger partial charge in [0.1, 0.15) is 0 Å².